The van der Waals surface area contributed by atoms with Crippen LogP contribution in [0.5, 0.6) is 0 Å². The third kappa shape index (κ3) is 0.984. The summed E-state index contributed by atoms with van der Waals surface area (Å²) in [6.45, 7) is 1.62. The Bertz CT molecular complexity index is 530. The largest absolute Gasteiger partial charge is 0.427 e. The van der Waals surface area contributed by atoms with E-state index in [0.29, 0.717) is 11.3 Å². The molecule has 0 saturated heterocycles. The molecule has 0 unspecified atom stereocenters. The van der Waals surface area contributed by atoms with Crippen LogP contribution >= 0.6 is 11.3 Å². The van der Waals surface area contributed by atoms with Gasteiger partial charge in [0.2, 0.25) is 0 Å². The highest BCUT2D eigenvalue weighted by Crippen LogP contribution is 2.12. The summed E-state index contributed by atoms with van der Waals surface area (Å²) in [7, 11) is 0. The van der Waals surface area contributed by atoms with E-state index in [4.69, 9.17) is 8.83 Å². The van der Waals surface area contributed by atoms with Crippen LogP contribution in [0, 0.1) is 6.92 Å². The Hall–Kier alpha value is -1.36. The zero-order valence-electron chi connectivity index (χ0n) is 6.12. The van der Waals surface area contributed by atoms with Crippen LogP contribution in [0.25, 0.3) is 10.3 Å². The van der Waals surface area contributed by atoms with E-state index in [9.17, 15) is 9.59 Å². The number of fused-ring (bicyclic) bond motifs is 1. The van der Waals surface area contributed by atoms with Gasteiger partial charge in [0.15, 0.2) is 10.3 Å². The number of rotatable bonds is 0. The summed E-state index contributed by atoms with van der Waals surface area (Å²) in [5.41, 5.74) is -0.209. The van der Waals surface area contributed by atoms with Crippen molar-refractivity contribution in [1.82, 2.24) is 0 Å². The first kappa shape index (κ1) is 7.30. The van der Waals surface area contributed by atoms with Gasteiger partial charge in [-0.1, -0.05) is 0 Å². The first-order valence-electron chi connectivity index (χ1n) is 3.21. The van der Waals surface area contributed by atoms with Gasteiger partial charge in [0.1, 0.15) is 5.76 Å². The lowest BCUT2D eigenvalue weighted by Gasteiger charge is -1.87. The molecule has 0 aromatic carbocycles. The third-order valence-corrected chi connectivity index (χ3v) is 2.20. The molecule has 5 heteroatoms. The molecule has 2 heterocycles. The van der Waals surface area contributed by atoms with Crippen LogP contribution in [0.2, 0.25) is 0 Å². The quantitative estimate of drug-likeness (QED) is 0.615. The lowest BCUT2D eigenvalue weighted by atomic mass is 10.4. The van der Waals surface area contributed by atoms with Gasteiger partial charge in [-0.3, -0.25) is 0 Å². The molecule has 0 bridgehead atoms. The van der Waals surface area contributed by atoms with E-state index in [1.165, 1.54) is 6.07 Å². The Kier molecular flexibility index (Phi) is 1.41. The van der Waals surface area contributed by atoms with Crippen molar-refractivity contribution in [2.24, 2.45) is 0 Å². The number of hydrogen-bond acceptors (Lipinski definition) is 5. The van der Waals surface area contributed by atoms with E-state index >= 15 is 0 Å². The maximum Gasteiger partial charge on any atom is 0.396 e. The summed E-state index contributed by atoms with van der Waals surface area (Å²) in [6.07, 6.45) is 0. The molecule has 0 fully saturated rings. The molecular weight excluding hydrogens is 180 g/mol. The zero-order valence-corrected chi connectivity index (χ0v) is 6.94. The van der Waals surface area contributed by atoms with Gasteiger partial charge in [0.05, 0.1) is 0 Å². The van der Waals surface area contributed by atoms with Crippen molar-refractivity contribution in [3.8, 4) is 0 Å². The van der Waals surface area contributed by atoms with Crippen molar-refractivity contribution in [2.45, 2.75) is 6.92 Å². The van der Waals surface area contributed by atoms with Gasteiger partial charge >= 0.3 is 10.6 Å². The number of hydrogen-bond donors (Lipinski definition) is 0. The summed E-state index contributed by atoms with van der Waals surface area (Å²) >= 11 is 0.759. The highest BCUT2D eigenvalue weighted by atomic mass is 32.1. The molecule has 0 aliphatic rings. The highest BCUT2D eigenvalue weighted by molar-refractivity contribution is 7.16. The molecule has 0 spiro atoms. The topological polar surface area (TPSA) is 60.4 Å². The molecule has 2 rings (SSSR count). The van der Waals surface area contributed by atoms with Crippen molar-refractivity contribution < 1.29 is 8.83 Å². The molecule has 0 saturated carbocycles. The molecule has 4 nitrogen and oxygen atoms in total. The van der Waals surface area contributed by atoms with Crippen molar-refractivity contribution in [1.29, 1.82) is 0 Å². The Morgan fingerprint density at radius 1 is 1.33 bits per heavy atom. The summed E-state index contributed by atoms with van der Waals surface area (Å²) in [6, 6.07) is 1.52. The molecule has 0 amide bonds. The lowest BCUT2D eigenvalue weighted by molar-refractivity contribution is 0.484. The third-order valence-electron chi connectivity index (χ3n) is 1.38. The van der Waals surface area contributed by atoms with Crippen LogP contribution in [0.4, 0.5) is 0 Å². The fourth-order valence-electron chi connectivity index (χ4n) is 0.935. The van der Waals surface area contributed by atoms with E-state index in [1.54, 1.807) is 6.92 Å². The lowest BCUT2D eigenvalue weighted by Crippen LogP contribution is -1.96. The van der Waals surface area contributed by atoms with Crippen LogP contribution in [-0.2, 0) is 0 Å². The Balaban J connectivity index is 3.08. The van der Waals surface area contributed by atoms with Crippen LogP contribution in [0.3, 0.4) is 0 Å². The predicted molar refractivity (Wildman–Crippen MR) is 43.6 cm³/mol. The van der Waals surface area contributed by atoms with Crippen molar-refractivity contribution in [3.63, 3.8) is 0 Å². The van der Waals surface area contributed by atoms with Gasteiger partial charge in [0, 0.05) is 6.07 Å². The summed E-state index contributed by atoms with van der Waals surface area (Å²) in [4.78, 5) is 21.3. The molecule has 0 aliphatic carbocycles. The van der Waals surface area contributed by atoms with Gasteiger partial charge in [-0.25, -0.2) is 9.59 Å². The van der Waals surface area contributed by atoms with Crippen molar-refractivity contribution in [2.75, 3.05) is 0 Å². The average Bonchev–Trinajstić information content (AvgIpc) is 2.29. The van der Waals surface area contributed by atoms with Gasteiger partial charge in [-0.2, -0.15) is 0 Å². The summed E-state index contributed by atoms with van der Waals surface area (Å²) < 4.78 is 9.73. The molecule has 0 aliphatic heterocycles. The molecule has 0 radical (unpaired) electrons. The summed E-state index contributed by atoms with van der Waals surface area (Å²) in [5.74, 6) is 0.439. The van der Waals surface area contributed by atoms with Gasteiger partial charge in [-0.15, -0.1) is 0 Å². The Morgan fingerprint density at radius 2 is 2.08 bits per heavy atom. The second-order valence-electron chi connectivity index (χ2n) is 2.29. The first-order chi connectivity index (χ1) is 5.66. The molecular formula is C7H4O4S. The zero-order chi connectivity index (χ0) is 8.72. The average molecular weight is 184 g/mol. The minimum absolute atomic E-state index is 0.241. The van der Waals surface area contributed by atoms with E-state index in [2.05, 4.69) is 0 Å². The van der Waals surface area contributed by atoms with Crippen LogP contribution in [-0.4, -0.2) is 0 Å². The Labute approximate surface area is 70.1 Å². The van der Waals surface area contributed by atoms with Crippen LogP contribution in [0.15, 0.2) is 24.5 Å². The molecule has 2 aromatic rings. The normalized spacial score (nSPS) is 10.8. The molecule has 62 valence electrons. The van der Waals surface area contributed by atoms with E-state index in [-0.39, 0.29) is 4.70 Å². The fourth-order valence-corrected chi connectivity index (χ4v) is 1.56. The highest BCUT2D eigenvalue weighted by Gasteiger charge is 2.07. The summed E-state index contributed by atoms with van der Waals surface area (Å²) in [5, 5.41) is 0. The maximum absolute atomic E-state index is 11.1. The monoisotopic (exact) mass is 184 g/mol. The van der Waals surface area contributed by atoms with Crippen molar-refractivity contribution >= 4 is 21.6 Å². The van der Waals surface area contributed by atoms with Crippen LogP contribution in [0.1, 0.15) is 5.76 Å². The second kappa shape index (κ2) is 2.31. The Morgan fingerprint density at radius 3 is 2.83 bits per heavy atom. The molecule has 2 aromatic heterocycles. The standard InChI is InChI=1S/C7H4O4S/c1-3-2-4-5(6(8)10-3)12-7(9)11-4/h2H,1H3. The first-order valence-corrected chi connectivity index (χ1v) is 4.03. The molecule has 12 heavy (non-hydrogen) atoms. The van der Waals surface area contributed by atoms with Crippen LogP contribution < -0.4 is 10.6 Å². The minimum Gasteiger partial charge on any atom is -0.427 e. The van der Waals surface area contributed by atoms with E-state index in [0.717, 1.165) is 11.3 Å². The van der Waals surface area contributed by atoms with Crippen molar-refractivity contribution in [3.05, 3.63) is 32.0 Å². The van der Waals surface area contributed by atoms with E-state index in [1.807, 2.05) is 0 Å². The predicted octanol–water partition coefficient (Wildman–Crippen LogP) is 1.12. The smallest absolute Gasteiger partial charge is 0.396 e. The van der Waals surface area contributed by atoms with Gasteiger partial charge in [-0.05, 0) is 18.3 Å². The second-order valence-corrected chi connectivity index (χ2v) is 3.24. The minimum atomic E-state index is -0.513. The molecule has 0 N–H and O–H groups in total. The van der Waals surface area contributed by atoms with E-state index < -0.39 is 10.6 Å². The molecule has 0 atom stereocenters. The number of aryl methyl sites for hydroxylation is 1. The SMILES string of the molecule is Cc1cc2oc(=O)sc2c(=O)o1. The maximum atomic E-state index is 11.1. The van der Waals surface area contributed by atoms with Gasteiger partial charge < -0.3 is 8.83 Å². The fraction of sp³-hybridized carbons (Fsp3) is 0.143. The van der Waals surface area contributed by atoms with Gasteiger partial charge in [0.25, 0.3) is 0 Å².